The van der Waals surface area contributed by atoms with E-state index < -0.39 is 36.6 Å². The molecule has 0 saturated heterocycles. The smallest absolute Gasteiger partial charge is 0.238 e. The van der Waals surface area contributed by atoms with E-state index in [0.29, 0.717) is 6.42 Å². The number of rotatable bonds is 7. The molecule has 0 saturated carbocycles. The fraction of sp³-hybridized carbons (Fsp3) is 0.778. The van der Waals surface area contributed by atoms with Gasteiger partial charge in [-0.2, -0.15) is 0 Å². The molecule has 0 aliphatic carbocycles. The van der Waals surface area contributed by atoms with Crippen LogP contribution in [0.15, 0.2) is 0 Å². The molecule has 7 heteroatoms. The number of carbonyl (C=O) groups excluding carboxylic acids is 2. The summed E-state index contributed by atoms with van der Waals surface area (Å²) in [6.45, 7) is 0.885. The summed E-state index contributed by atoms with van der Waals surface area (Å²) in [5.41, 5.74) is 9.20. The lowest BCUT2D eigenvalue weighted by Crippen LogP contribution is -2.58. The van der Waals surface area contributed by atoms with Crippen molar-refractivity contribution >= 4 is 11.8 Å². The zero-order valence-corrected chi connectivity index (χ0v) is 9.27. The molecule has 2 amide bonds. The Morgan fingerprint density at radius 3 is 2.19 bits per heavy atom. The van der Waals surface area contributed by atoms with E-state index in [4.69, 9.17) is 21.7 Å². The number of primary amides is 1. The average Bonchev–Trinajstić information content (AvgIpc) is 2.25. The summed E-state index contributed by atoms with van der Waals surface area (Å²) in [7, 11) is 0. The van der Waals surface area contributed by atoms with Crippen LogP contribution in [-0.2, 0) is 9.59 Å². The summed E-state index contributed by atoms with van der Waals surface area (Å²) >= 11 is 0. The molecule has 1 atom stereocenters. The molecule has 1 unspecified atom stereocenters. The second-order valence-corrected chi connectivity index (χ2v) is 3.72. The first kappa shape index (κ1) is 14.8. The van der Waals surface area contributed by atoms with Crippen LogP contribution in [0.2, 0.25) is 0 Å². The average molecular weight is 233 g/mol. The highest BCUT2D eigenvalue weighted by molar-refractivity contribution is 5.87. The first-order chi connectivity index (χ1) is 7.40. The summed E-state index contributed by atoms with van der Waals surface area (Å²) in [5, 5.41) is 20.6. The van der Waals surface area contributed by atoms with Gasteiger partial charge in [0.1, 0.15) is 0 Å². The molecular formula is C9H19N3O4. The number of hydrogen-bond donors (Lipinski definition) is 5. The standard InChI is InChI=1S/C9H19N3O4/c1-2-9(4-13,5-14)12-8(16)6(10)3-7(11)15/h6,13-14H,2-5,10H2,1H3,(H2,11,15)(H,12,16). The topological polar surface area (TPSA) is 139 Å². The highest BCUT2D eigenvalue weighted by Gasteiger charge is 2.30. The van der Waals surface area contributed by atoms with Crippen LogP contribution in [0.5, 0.6) is 0 Å². The Morgan fingerprint density at radius 2 is 1.88 bits per heavy atom. The maximum absolute atomic E-state index is 11.5. The monoisotopic (exact) mass is 233 g/mol. The lowest BCUT2D eigenvalue weighted by Gasteiger charge is -2.30. The molecule has 0 aliphatic rings. The van der Waals surface area contributed by atoms with Gasteiger partial charge in [-0.15, -0.1) is 0 Å². The molecule has 0 fully saturated rings. The fourth-order valence-corrected chi connectivity index (χ4v) is 1.10. The second kappa shape index (κ2) is 6.41. The fourth-order valence-electron chi connectivity index (χ4n) is 1.10. The van der Waals surface area contributed by atoms with Crippen molar-refractivity contribution < 1.29 is 19.8 Å². The highest BCUT2D eigenvalue weighted by Crippen LogP contribution is 2.08. The molecule has 94 valence electrons. The minimum absolute atomic E-state index is 0.275. The first-order valence-electron chi connectivity index (χ1n) is 4.98. The van der Waals surface area contributed by atoms with Gasteiger partial charge in [-0.1, -0.05) is 6.92 Å². The van der Waals surface area contributed by atoms with E-state index >= 15 is 0 Å². The van der Waals surface area contributed by atoms with Crippen molar-refractivity contribution in [1.29, 1.82) is 0 Å². The third-order valence-corrected chi connectivity index (χ3v) is 2.43. The number of aliphatic hydroxyl groups is 2. The molecule has 16 heavy (non-hydrogen) atoms. The summed E-state index contributed by atoms with van der Waals surface area (Å²) < 4.78 is 0. The van der Waals surface area contributed by atoms with E-state index in [-0.39, 0.29) is 6.42 Å². The Morgan fingerprint density at radius 1 is 1.38 bits per heavy atom. The lowest BCUT2D eigenvalue weighted by atomic mass is 9.97. The third kappa shape index (κ3) is 4.13. The minimum atomic E-state index is -1.10. The van der Waals surface area contributed by atoms with Gasteiger partial charge in [0.05, 0.1) is 31.2 Å². The Labute approximate surface area is 93.8 Å². The van der Waals surface area contributed by atoms with Crippen LogP contribution < -0.4 is 16.8 Å². The summed E-state index contributed by atoms with van der Waals surface area (Å²) in [4.78, 5) is 22.1. The normalized spacial score (nSPS) is 13.2. The van der Waals surface area contributed by atoms with Crippen LogP contribution in [0.3, 0.4) is 0 Å². The number of carbonyl (C=O) groups is 2. The number of aliphatic hydroxyl groups excluding tert-OH is 2. The van der Waals surface area contributed by atoms with E-state index in [9.17, 15) is 9.59 Å². The van der Waals surface area contributed by atoms with E-state index in [1.165, 1.54) is 0 Å². The molecule has 0 aromatic heterocycles. The summed E-state index contributed by atoms with van der Waals surface area (Å²) in [6, 6.07) is -1.07. The number of amides is 2. The second-order valence-electron chi connectivity index (χ2n) is 3.72. The van der Waals surface area contributed by atoms with Gasteiger partial charge in [-0.25, -0.2) is 0 Å². The van der Waals surface area contributed by atoms with Crippen molar-refractivity contribution in [3.8, 4) is 0 Å². The molecule has 0 spiro atoms. The third-order valence-electron chi connectivity index (χ3n) is 2.43. The van der Waals surface area contributed by atoms with Crippen LogP contribution >= 0.6 is 0 Å². The molecule has 0 aromatic carbocycles. The van der Waals surface area contributed by atoms with Gasteiger partial charge in [0, 0.05) is 0 Å². The molecular weight excluding hydrogens is 214 g/mol. The Bertz CT molecular complexity index is 245. The van der Waals surface area contributed by atoms with Crippen LogP contribution in [0.4, 0.5) is 0 Å². The first-order valence-corrected chi connectivity index (χ1v) is 4.98. The van der Waals surface area contributed by atoms with Crippen LogP contribution in [0, 0.1) is 0 Å². The predicted molar refractivity (Wildman–Crippen MR) is 57.1 cm³/mol. The van der Waals surface area contributed by atoms with Crippen molar-refractivity contribution in [1.82, 2.24) is 5.32 Å². The lowest BCUT2D eigenvalue weighted by molar-refractivity contribution is -0.128. The molecule has 7 N–H and O–H groups in total. The Hall–Kier alpha value is -1.18. The molecule has 7 nitrogen and oxygen atoms in total. The number of hydrogen-bond acceptors (Lipinski definition) is 5. The number of nitrogens with one attached hydrogen (secondary N) is 1. The molecule has 0 aliphatic heterocycles. The van der Waals surface area contributed by atoms with Crippen molar-refractivity contribution in [2.45, 2.75) is 31.3 Å². The van der Waals surface area contributed by atoms with Crippen LogP contribution in [0.25, 0.3) is 0 Å². The van der Waals surface area contributed by atoms with Gasteiger partial charge < -0.3 is 27.0 Å². The van der Waals surface area contributed by atoms with Crippen molar-refractivity contribution in [3.63, 3.8) is 0 Å². The van der Waals surface area contributed by atoms with Crippen molar-refractivity contribution in [2.75, 3.05) is 13.2 Å². The predicted octanol–water partition coefficient (Wildman–Crippen LogP) is -2.56. The quantitative estimate of drug-likeness (QED) is 0.329. The van der Waals surface area contributed by atoms with Gasteiger partial charge in [-0.3, -0.25) is 9.59 Å². The van der Waals surface area contributed by atoms with E-state index in [1.807, 2.05) is 0 Å². The molecule has 0 bridgehead atoms. The van der Waals surface area contributed by atoms with Crippen molar-refractivity contribution in [2.24, 2.45) is 11.5 Å². The molecule has 0 aromatic rings. The van der Waals surface area contributed by atoms with E-state index in [2.05, 4.69) is 5.32 Å². The van der Waals surface area contributed by atoms with Crippen molar-refractivity contribution in [3.05, 3.63) is 0 Å². The maximum atomic E-state index is 11.5. The summed E-state index contributed by atoms with van der Waals surface area (Å²) in [5.74, 6) is -1.30. The summed E-state index contributed by atoms with van der Waals surface area (Å²) in [6.07, 6.45) is 0.0670. The van der Waals surface area contributed by atoms with Gasteiger partial charge in [0.25, 0.3) is 0 Å². The minimum Gasteiger partial charge on any atom is -0.394 e. The van der Waals surface area contributed by atoms with Gasteiger partial charge in [0.15, 0.2) is 0 Å². The highest BCUT2D eigenvalue weighted by atomic mass is 16.3. The van der Waals surface area contributed by atoms with Crippen LogP contribution in [0.1, 0.15) is 19.8 Å². The molecule has 0 rings (SSSR count). The zero-order valence-electron chi connectivity index (χ0n) is 9.27. The van der Waals surface area contributed by atoms with E-state index in [1.54, 1.807) is 6.92 Å². The van der Waals surface area contributed by atoms with Crippen LogP contribution in [-0.4, -0.2) is 46.8 Å². The zero-order chi connectivity index (χ0) is 12.8. The molecule has 0 radical (unpaired) electrons. The molecule has 0 heterocycles. The van der Waals surface area contributed by atoms with E-state index in [0.717, 1.165) is 0 Å². The van der Waals surface area contributed by atoms with Gasteiger partial charge >= 0.3 is 0 Å². The Kier molecular flexibility index (Phi) is 5.94. The maximum Gasteiger partial charge on any atom is 0.238 e. The Balaban J connectivity index is 4.45. The largest absolute Gasteiger partial charge is 0.394 e. The SMILES string of the molecule is CCC(CO)(CO)NC(=O)C(N)CC(N)=O. The van der Waals surface area contributed by atoms with Gasteiger partial charge in [0.2, 0.25) is 11.8 Å². The number of nitrogens with two attached hydrogens (primary N) is 2. The van der Waals surface area contributed by atoms with Gasteiger partial charge in [-0.05, 0) is 6.42 Å².